The van der Waals surface area contributed by atoms with E-state index in [1.165, 1.54) is 18.9 Å². The van der Waals surface area contributed by atoms with E-state index in [-0.39, 0.29) is 29.5 Å². The molecule has 200 valence electrons. The van der Waals surface area contributed by atoms with Gasteiger partial charge in [0.1, 0.15) is 12.1 Å². The maximum Gasteiger partial charge on any atom is 0.239 e. The molecule has 0 unspecified atom stereocenters. The summed E-state index contributed by atoms with van der Waals surface area (Å²) in [4.78, 5) is 24.7. The lowest BCUT2D eigenvalue weighted by molar-refractivity contribution is 0.0889. The van der Waals surface area contributed by atoms with Gasteiger partial charge in [0, 0.05) is 19.3 Å². The molecule has 8 nitrogen and oxygen atoms in total. The standard InChI is InChI=1S/C28H39N5O3S/c1-19(2)16-21-6-10-23(11-7-21)20(3)28(34)33-15-14-25-26(30-18-31-27(25)33)32(5)24-12-8-22(9-13-24)17-37(35,36)29-4/h6-7,10-11,14-15,18-20,22,24,29H,8-9,12-13,16-17H2,1-5H3/t20-,22?,24?/m0/s1. The molecule has 0 spiro atoms. The Kier molecular flexibility index (Phi) is 8.33. The first-order valence-corrected chi connectivity index (χ1v) is 14.8. The van der Waals surface area contributed by atoms with Crippen LogP contribution in [0.25, 0.3) is 11.0 Å². The van der Waals surface area contributed by atoms with Crippen LogP contribution in [0.15, 0.2) is 42.9 Å². The minimum Gasteiger partial charge on any atom is -0.356 e. The number of aromatic nitrogens is 3. The monoisotopic (exact) mass is 525 g/mol. The zero-order valence-corrected chi connectivity index (χ0v) is 23.3. The average molecular weight is 526 g/mol. The first-order chi connectivity index (χ1) is 17.6. The van der Waals surface area contributed by atoms with Crippen LogP contribution >= 0.6 is 0 Å². The summed E-state index contributed by atoms with van der Waals surface area (Å²) in [7, 11) is 0.297. The number of fused-ring (bicyclic) bond motifs is 1. The fraction of sp³-hybridized carbons (Fsp3) is 0.536. The van der Waals surface area contributed by atoms with Crippen molar-refractivity contribution in [2.45, 2.75) is 64.8 Å². The molecule has 9 heteroatoms. The van der Waals surface area contributed by atoms with Gasteiger partial charge >= 0.3 is 0 Å². The van der Waals surface area contributed by atoms with Crippen molar-refractivity contribution in [3.63, 3.8) is 0 Å². The van der Waals surface area contributed by atoms with Crippen molar-refractivity contribution in [1.82, 2.24) is 19.3 Å². The number of hydrogen-bond acceptors (Lipinski definition) is 6. The Bertz CT molecular complexity index is 1330. The molecule has 1 aliphatic carbocycles. The summed E-state index contributed by atoms with van der Waals surface area (Å²) in [6.07, 6.45) is 7.85. The normalized spacial score (nSPS) is 19.3. The molecule has 0 saturated heterocycles. The van der Waals surface area contributed by atoms with Gasteiger partial charge in [-0.1, -0.05) is 38.1 Å². The van der Waals surface area contributed by atoms with Crippen LogP contribution < -0.4 is 9.62 Å². The molecule has 1 saturated carbocycles. The Morgan fingerprint density at radius 1 is 1.08 bits per heavy atom. The van der Waals surface area contributed by atoms with Crippen LogP contribution in [0.3, 0.4) is 0 Å². The van der Waals surface area contributed by atoms with Crippen LogP contribution in [0.2, 0.25) is 0 Å². The Hall–Kier alpha value is -2.78. The number of carbonyl (C=O) groups is 1. The summed E-state index contributed by atoms with van der Waals surface area (Å²) >= 11 is 0. The quantitative estimate of drug-likeness (QED) is 0.438. The molecule has 1 aromatic carbocycles. The fourth-order valence-electron chi connectivity index (χ4n) is 5.43. The molecule has 0 radical (unpaired) electrons. The van der Waals surface area contributed by atoms with Crippen LogP contribution in [-0.4, -0.2) is 54.8 Å². The zero-order chi connectivity index (χ0) is 26.7. The van der Waals surface area contributed by atoms with Crippen LogP contribution in [0.4, 0.5) is 5.82 Å². The van der Waals surface area contributed by atoms with E-state index in [1.807, 2.05) is 20.0 Å². The van der Waals surface area contributed by atoms with Crippen molar-refractivity contribution in [2.75, 3.05) is 24.7 Å². The number of carbonyl (C=O) groups excluding carboxylic acids is 1. The van der Waals surface area contributed by atoms with Gasteiger partial charge in [-0.15, -0.1) is 0 Å². The summed E-state index contributed by atoms with van der Waals surface area (Å²) in [5, 5.41) is 0.845. The first-order valence-electron chi connectivity index (χ1n) is 13.2. The van der Waals surface area contributed by atoms with Crippen molar-refractivity contribution in [3.05, 3.63) is 54.0 Å². The molecular formula is C28H39N5O3S. The van der Waals surface area contributed by atoms with Crippen LogP contribution in [0, 0.1) is 11.8 Å². The van der Waals surface area contributed by atoms with E-state index in [4.69, 9.17) is 0 Å². The lowest BCUT2D eigenvalue weighted by Gasteiger charge is -2.35. The SMILES string of the molecule is CNS(=O)(=O)CC1CCC(N(C)c2ncnc3c2ccn3C(=O)[C@@H](C)c2ccc(CC(C)C)cc2)CC1. The molecule has 0 aliphatic heterocycles. The number of hydrogen-bond donors (Lipinski definition) is 1. The summed E-state index contributed by atoms with van der Waals surface area (Å²) in [6, 6.07) is 10.5. The van der Waals surface area contributed by atoms with Crippen LogP contribution in [0.1, 0.15) is 68.3 Å². The predicted octanol–water partition coefficient (Wildman–Crippen LogP) is 4.62. The predicted molar refractivity (Wildman–Crippen MR) is 149 cm³/mol. The van der Waals surface area contributed by atoms with Gasteiger partial charge in [-0.25, -0.2) is 23.1 Å². The van der Waals surface area contributed by atoms with E-state index < -0.39 is 10.0 Å². The Labute approximate surface area is 220 Å². The third kappa shape index (κ3) is 6.21. The molecule has 3 aromatic rings. The number of nitrogens with one attached hydrogen (secondary N) is 1. The van der Waals surface area contributed by atoms with Gasteiger partial charge in [-0.2, -0.15) is 0 Å². The zero-order valence-electron chi connectivity index (χ0n) is 22.5. The molecule has 2 aromatic heterocycles. The van der Waals surface area contributed by atoms with E-state index in [2.05, 4.69) is 57.7 Å². The third-order valence-electron chi connectivity index (χ3n) is 7.66. The van der Waals surface area contributed by atoms with Crippen LogP contribution in [0.5, 0.6) is 0 Å². The summed E-state index contributed by atoms with van der Waals surface area (Å²) < 4.78 is 27.9. The van der Waals surface area contributed by atoms with E-state index in [0.717, 1.165) is 48.9 Å². The lowest BCUT2D eigenvalue weighted by Crippen LogP contribution is -2.38. The van der Waals surface area contributed by atoms with E-state index in [9.17, 15) is 13.2 Å². The van der Waals surface area contributed by atoms with Crippen molar-refractivity contribution in [2.24, 2.45) is 11.8 Å². The Balaban J connectivity index is 1.49. The van der Waals surface area contributed by atoms with Gasteiger partial charge in [0.25, 0.3) is 0 Å². The molecule has 0 amide bonds. The highest BCUT2D eigenvalue weighted by Crippen LogP contribution is 2.33. The number of nitrogens with zero attached hydrogens (tertiary/aromatic N) is 4. The van der Waals surface area contributed by atoms with Gasteiger partial charge in [-0.3, -0.25) is 9.36 Å². The smallest absolute Gasteiger partial charge is 0.239 e. The van der Waals surface area contributed by atoms with Crippen molar-refractivity contribution in [3.8, 4) is 0 Å². The highest BCUT2D eigenvalue weighted by atomic mass is 32.2. The highest BCUT2D eigenvalue weighted by molar-refractivity contribution is 7.89. The fourth-order valence-corrected chi connectivity index (χ4v) is 6.55. The Morgan fingerprint density at radius 2 is 1.76 bits per heavy atom. The number of rotatable bonds is 9. The molecule has 1 atom stereocenters. The van der Waals surface area contributed by atoms with Gasteiger partial charge < -0.3 is 4.90 Å². The largest absolute Gasteiger partial charge is 0.356 e. The molecule has 37 heavy (non-hydrogen) atoms. The van der Waals surface area contributed by atoms with Gasteiger partial charge in [0.05, 0.1) is 17.1 Å². The van der Waals surface area contributed by atoms with Gasteiger partial charge in [0.2, 0.25) is 15.9 Å². The number of benzene rings is 1. The maximum absolute atomic E-state index is 13.5. The maximum atomic E-state index is 13.5. The van der Waals surface area contributed by atoms with Crippen molar-refractivity contribution in [1.29, 1.82) is 0 Å². The molecule has 1 aliphatic rings. The summed E-state index contributed by atoms with van der Waals surface area (Å²) in [5.41, 5.74) is 2.88. The third-order valence-corrected chi connectivity index (χ3v) is 9.19. The lowest BCUT2D eigenvalue weighted by atomic mass is 9.86. The van der Waals surface area contributed by atoms with Crippen molar-refractivity contribution < 1.29 is 13.2 Å². The van der Waals surface area contributed by atoms with E-state index in [0.29, 0.717) is 11.6 Å². The molecule has 0 bridgehead atoms. The second kappa shape index (κ2) is 11.3. The molecule has 1 fully saturated rings. The minimum absolute atomic E-state index is 0.0230. The molecule has 4 rings (SSSR count). The summed E-state index contributed by atoms with van der Waals surface area (Å²) in [5.74, 6) is 1.42. The second-order valence-corrected chi connectivity index (χ2v) is 12.8. The number of sulfonamides is 1. The second-order valence-electron chi connectivity index (χ2n) is 10.8. The topological polar surface area (TPSA) is 97.2 Å². The van der Waals surface area contributed by atoms with Crippen molar-refractivity contribution >= 4 is 32.8 Å². The highest BCUT2D eigenvalue weighted by Gasteiger charge is 2.29. The van der Waals surface area contributed by atoms with Gasteiger partial charge in [0.15, 0.2) is 5.65 Å². The van der Waals surface area contributed by atoms with Gasteiger partial charge in [-0.05, 0) is 75.1 Å². The van der Waals surface area contributed by atoms with Crippen LogP contribution in [-0.2, 0) is 16.4 Å². The first kappa shape index (κ1) is 27.3. The molecule has 1 N–H and O–H groups in total. The van der Waals surface area contributed by atoms with E-state index in [1.54, 1.807) is 10.8 Å². The number of anilines is 1. The average Bonchev–Trinajstić information content (AvgIpc) is 3.32. The minimum atomic E-state index is -3.20. The van der Waals surface area contributed by atoms with E-state index >= 15 is 0 Å². The molecule has 2 heterocycles. The molecular weight excluding hydrogens is 486 g/mol. The summed E-state index contributed by atoms with van der Waals surface area (Å²) in [6.45, 7) is 6.34. The Morgan fingerprint density at radius 3 is 2.38 bits per heavy atom.